The predicted molar refractivity (Wildman–Crippen MR) is 75.6 cm³/mol. The number of H-pyrrole nitrogens is 1. The van der Waals surface area contributed by atoms with E-state index < -0.39 is 0 Å². The largest absolute Gasteiger partial charge is 0.377 e. The molecule has 0 radical (unpaired) electrons. The summed E-state index contributed by atoms with van der Waals surface area (Å²) in [5, 5.41) is 11.2. The lowest BCUT2D eigenvalue weighted by Gasteiger charge is -2.35. The zero-order valence-corrected chi connectivity index (χ0v) is 12.2. The van der Waals surface area contributed by atoms with Crippen molar-refractivity contribution in [2.45, 2.75) is 26.4 Å². The van der Waals surface area contributed by atoms with E-state index in [2.05, 4.69) is 15.3 Å². The molecule has 0 spiro atoms. The van der Waals surface area contributed by atoms with Gasteiger partial charge in [0.1, 0.15) is 6.54 Å². The minimum atomic E-state index is -0.106. The third-order valence-corrected chi connectivity index (χ3v) is 3.72. The standard InChI is InChI=1S/C14H19N5O2/c1-10-7-11(2)19(17-10)8-14(20)18-5-6-21-9-13(18)12-3-4-15-16-12/h3-4,7,13H,5-6,8-9H2,1-2H3,(H,15,16)/t13-/m1/s1. The summed E-state index contributed by atoms with van der Waals surface area (Å²) < 4.78 is 7.25. The van der Waals surface area contributed by atoms with Crippen molar-refractivity contribution in [1.82, 2.24) is 24.9 Å². The Labute approximate surface area is 122 Å². The third kappa shape index (κ3) is 2.82. The van der Waals surface area contributed by atoms with Crippen LogP contribution in [0.5, 0.6) is 0 Å². The number of carbonyl (C=O) groups is 1. The van der Waals surface area contributed by atoms with E-state index in [0.29, 0.717) is 19.8 Å². The van der Waals surface area contributed by atoms with Crippen LogP contribution in [0.1, 0.15) is 23.1 Å². The van der Waals surface area contributed by atoms with Crippen molar-refractivity contribution in [3.05, 3.63) is 35.4 Å². The van der Waals surface area contributed by atoms with Gasteiger partial charge in [0, 0.05) is 18.4 Å². The maximum absolute atomic E-state index is 12.6. The molecule has 3 rings (SSSR count). The highest BCUT2D eigenvalue weighted by Crippen LogP contribution is 2.22. The molecule has 1 N–H and O–H groups in total. The average Bonchev–Trinajstić information content (AvgIpc) is 3.09. The van der Waals surface area contributed by atoms with Crippen molar-refractivity contribution in [3.63, 3.8) is 0 Å². The molecule has 112 valence electrons. The van der Waals surface area contributed by atoms with E-state index in [1.165, 1.54) is 0 Å². The fraction of sp³-hybridized carbons (Fsp3) is 0.500. The molecule has 1 fully saturated rings. The number of aromatic nitrogens is 4. The van der Waals surface area contributed by atoms with Crippen LogP contribution in [0.25, 0.3) is 0 Å². The molecule has 0 bridgehead atoms. The van der Waals surface area contributed by atoms with E-state index in [4.69, 9.17) is 4.74 Å². The first kappa shape index (κ1) is 13.8. The number of morpholine rings is 1. The van der Waals surface area contributed by atoms with Gasteiger partial charge in [-0.1, -0.05) is 0 Å². The van der Waals surface area contributed by atoms with Crippen LogP contribution in [0, 0.1) is 13.8 Å². The second-order valence-electron chi connectivity index (χ2n) is 5.27. The van der Waals surface area contributed by atoms with Gasteiger partial charge in [0.15, 0.2) is 0 Å². The number of nitrogens with one attached hydrogen (secondary N) is 1. The molecule has 7 nitrogen and oxygen atoms in total. The Balaban J connectivity index is 1.77. The number of hydrogen-bond acceptors (Lipinski definition) is 4. The van der Waals surface area contributed by atoms with E-state index in [9.17, 15) is 4.79 Å². The number of nitrogens with zero attached hydrogens (tertiary/aromatic N) is 4. The van der Waals surface area contributed by atoms with Crippen LogP contribution in [0.15, 0.2) is 18.3 Å². The lowest BCUT2D eigenvalue weighted by molar-refractivity contribution is -0.141. The van der Waals surface area contributed by atoms with E-state index >= 15 is 0 Å². The Kier molecular flexibility index (Phi) is 3.74. The summed E-state index contributed by atoms with van der Waals surface area (Å²) >= 11 is 0. The van der Waals surface area contributed by atoms with E-state index in [-0.39, 0.29) is 18.5 Å². The van der Waals surface area contributed by atoms with Gasteiger partial charge in [-0.25, -0.2) is 0 Å². The topological polar surface area (TPSA) is 76.0 Å². The summed E-state index contributed by atoms with van der Waals surface area (Å²) in [4.78, 5) is 14.5. The minimum Gasteiger partial charge on any atom is -0.377 e. The number of amides is 1. The van der Waals surface area contributed by atoms with Crippen LogP contribution in [-0.4, -0.2) is 50.5 Å². The zero-order valence-electron chi connectivity index (χ0n) is 12.2. The van der Waals surface area contributed by atoms with Crippen LogP contribution in [0.2, 0.25) is 0 Å². The molecular weight excluding hydrogens is 270 g/mol. The van der Waals surface area contributed by atoms with Crippen LogP contribution >= 0.6 is 0 Å². The lowest BCUT2D eigenvalue weighted by atomic mass is 10.1. The summed E-state index contributed by atoms with van der Waals surface area (Å²) in [6.45, 7) is 5.78. The van der Waals surface area contributed by atoms with Gasteiger partial charge in [0.05, 0.1) is 30.6 Å². The van der Waals surface area contributed by atoms with Gasteiger partial charge in [-0.05, 0) is 26.0 Å². The first-order chi connectivity index (χ1) is 10.1. The summed E-state index contributed by atoms with van der Waals surface area (Å²) in [5.74, 6) is 0.0455. The zero-order chi connectivity index (χ0) is 14.8. The first-order valence-corrected chi connectivity index (χ1v) is 7.02. The predicted octanol–water partition coefficient (Wildman–Crippen LogP) is 0.823. The third-order valence-electron chi connectivity index (χ3n) is 3.72. The Morgan fingerprint density at radius 3 is 3.05 bits per heavy atom. The number of rotatable bonds is 3. The molecule has 0 aliphatic carbocycles. The Morgan fingerprint density at radius 2 is 2.38 bits per heavy atom. The SMILES string of the molecule is Cc1cc(C)n(CC(=O)N2CCOC[C@@H]2c2ccn[nH]2)n1. The number of aryl methyl sites for hydroxylation is 2. The molecule has 1 aliphatic heterocycles. The highest BCUT2D eigenvalue weighted by atomic mass is 16.5. The van der Waals surface area contributed by atoms with Crippen LogP contribution in [0.3, 0.4) is 0 Å². The highest BCUT2D eigenvalue weighted by Gasteiger charge is 2.29. The van der Waals surface area contributed by atoms with Gasteiger partial charge in [-0.3, -0.25) is 14.6 Å². The van der Waals surface area contributed by atoms with Crippen LogP contribution < -0.4 is 0 Å². The molecule has 1 atom stereocenters. The average molecular weight is 289 g/mol. The van der Waals surface area contributed by atoms with Crippen LogP contribution in [0.4, 0.5) is 0 Å². The van der Waals surface area contributed by atoms with Gasteiger partial charge < -0.3 is 9.64 Å². The maximum atomic E-state index is 12.6. The van der Waals surface area contributed by atoms with E-state index in [1.807, 2.05) is 30.9 Å². The van der Waals surface area contributed by atoms with Gasteiger partial charge in [-0.2, -0.15) is 10.2 Å². The number of hydrogen-bond donors (Lipinski definition) is 1. The molecule has 1 saturated heterocycles. The summed E-state index contributed by atoms with van der Waals surface area (Å²) in [7, 11) is 0. The van der Waals surface area contributed by atoms with E-state index in [1.54, 1.807) is 10.9 Å². The monoisotopic (exact) mass is 289 g/mol. The molecule has 1 amide bonds. The smallest absolute Gasteiger partial charge is 0.245 e. The lowest BCUT2D eigenvalue weighted by Crippen LogP contribution is -2.45. The van der Waals surface area contributed by atoms with Crippen molar-refractivity contribution in [3.8, 4) is 0 Å². The maximum Gasteiger partial charge on any atom is 0.245 e. The Hall–Kier alpha value is -2.15. The van der Waals surface area contributed by atoms with Crippen molar-refractivity contribution in [2.24, 2.45) is 0 Å². The van der Waals surface area contributed by atoms with Crippen molar-refractivity contribution >= 4 is 5.91 Å². The summed E-state index contributed by atoms with van der Waals surface area (Å²) in [6, 6.07) is 3.74. The molecule has 0 unspecified atom stereocenters. The number of aromatic amines is 1. The van der Waals surface area contributed by atoms with Crippen LogP contribution in [-0.2, 0) is 16.1 Å². The minimum absolute atomic E-state index is 0.0455. The number of carbonyl (C=O) groups excluding carboxylic acids is 1. The van der Waals surface area contributed by atoms with Gasteiger partial charge in [-0.15, -0.1) is 0 Å². The fourth-order valence-corrected chi connectivity index (χ4v) is 2.67. The second-order valence-corrected chi connectivity index (χ2v) is 5.27. The van der Waals surface area contributed by atoms with Gasteiger partial charge >= 0.3 is 0 Å². The molecule has 0 aromatic carbocycles. The molecule has 7 heteroatoms. The molecule has 21 heavy (non-hydrogen) atoms. The molecule has 3 heterocycles. The van der Waals surface area contributed by atoms with Crippen molar-refractivity contribution in [2.75, 3.05) is 19.8 Å². The second kappa shape index (κ2) is 5.69. The first-order valence-electron chi connectivity index (χ1n) is 7.02. The molecular formula is C14H19N5O2. The fourth-order valence-electron chi connectivity index (χ4n) is 2.67. The van der Waals surface area contributed by atoms with Gasteiger partial charge in [0.2, 0.25) is 5.91 Å². The van der Waals surface area contributed by atoms with E-state index in [0.717, 1.165) is 17.1 Å². The summed E-state index contributed by atoms with van der Waals surface area (Å²) in [6.07, 6.45) is 1.69. The number of ether oxygens (including phenoxy) is 1. The Morgan fingerprint density at radius 1 is 1.52 bits per heavy atom. The van der Waals surface area contributed by atoms with Crippen molar-refractivity contribution < 1.29 is 9.53 Å². The van der Waals surface area contributed by atoms with Gasteiger partial charge in [0.25, 0.3) is 0 Å². The normalized spacial score (nSPS) is 19.0. The molecule has 2 aromatic rings. The quantitative estimate of drug-likeness (QED) is 0.907. The highest BCUT2D eigenvalue weighted by molar-refractivity contribution is 5.76. The molecule has 2 aromatic heterocycles. The van der Waals surface area contributed by atoms with Crippen molar-refractivity contribution in [1.29, 1.82) is 0 Å². The molecule has 1 aliphatic rings. The Bertz CT molecular complexity index is 619. The molecule has 0 saturated carbocycles. The summed E-state index contributed by atoms with van der Waals surface area (Å²) in [5.41, 5.74) is 2.82.